The highest BCUT2D eigenvalue weighted by atomic mass is 16.2. The maximum atomic E-state index is 11.9. The normalized spacial score (nSPS) is 17.1. The molecular formula is C15H20N2O2. The Labute approximate surface area is 113 Å². The van der Waals surface area contributed by atoms with Gasteiger partial charge in [0, 0.05) is 12.8 Å². The molecule has 1 aromatic rings. The van der Waals surface area contributed by atoms with E-state index in [4.69, 9.17) is 5.73 Å². The highest BCUT2D eigenvalue weighted by Crippen LogP contribution is 2.20. The van der Waals surface area contributed by atoms with Crippen molar-refractivity contribution in [1.29, 1.82) is 0 Å². The molecule has 0 atom stereocenters. The lowest BCUT2D eigenvalue weighted by Crippen LogP contribution is -2.42. The number of hydrogen-bond acceptors (Lipinski definition) is 3. The van der Waals surface area contributed by atoms with Crippen molar-refractivity contribution in [1.82, 2.24) is 4.90 Å². The molecule has 0 spiro atoms. The van der Waals surface area contributed by atoms with E-state index in [9.17, 15) is 9.59 Å². The second kappa shape index (κ2) is 5.97. The minimum absolute atomic E-state index is 0.0604. The predicted molar refractivity (Wildman–Crippen MR) is 73.2 cm³/mol. The Morgan fingerprint density at radius 1 is 1.11 bits per heavy atom. The van der Waals surface area contributed by atoms with Gasteiger partial charge in [-0.2, -0.15) is 0 Å². The third-order valence-electron chi connectivity index (χ3n) is 3.44. The number of nitrogens with two attached hydrogens (primary N) is 1. The van der Waals surface area contributed by atoms with Gasteiger partial charge in [-0.3, -0.25) is 14.5 Å². The maximum absolute atomic E-state index is 11.9. The van der Waals surface area contributed by atoms with Crippen molar-refractivity contribution >= 4 is 11.8 Å². The first-order valence-corrected chi connectivity index (χ1v) is 6.71. The highest BCUT2D eigenvalue weighted by Gasteiger charge is 2.29. The highest BCUT2D eigenvalue weighted by molar-refractivity contribution is 5.97. The molecule has 2 rings (SSSR count). The lowest BCUT2D eigenvalue weighted by atomic mass is 9.97. The smallest absolute Gasteiger partial charge is 0.229 e. The number of amides is 2. The average Bonchev–Trinajstić information content (AvgIpc) is 2.36. The van der Waals surface area contributed by atoms with Crippen LogP contribution in [-0.2, 0) is 22.6 Å². The summed E-state index contributed by atoms with van der Waals surface area (Å²) >= 11 is 0. The minimum Gasteiger partial charge on any atom is -0.330 e. The van der Waals surface area contributed by atoms with Crippen molar-refractivity contribution < 1.29 is 9.59 Å². The second-order valence-corrected chi connectivity index (χ2v) is 5.24. The number of nitrogens with zero attached hydrogens (tertiary/aromatic N) is 1. The first-order valence-electron chi connectivity index (χ1n) is 6.71. The Kier molecular flexibility index (Phi) is 4.32. The number of benzene rings is 1. The molecule has 4 nitrogen and oxygen atoms in total. The Morgan fingerprint density at radius 2 is 1.63 bits per heavy atom. The molecule has 1 fully saturated rings. The second-order valence-electron chi connectivity index (χ2n) is 5.24. The summed E-state index contributed by atoms with van der Waals surface area (Å²) in [5, 5.41) is 0. The largest absolute Gasteiger partial charge is 0.330 e. The molecule has 19 heavy (non-hydrogen) atoms. The van der Waals surface area contributed by atoms with Gasteiger partial charge in [-0.15, -0.1) is 0 Å². The average molecular weight is 260 g/mol. The molecule has 0 bridgehead atoms. The van der Waals surface area contributed by atoms with Crippen LogP contribution in [0.5, 0.6) is 0 Å². The number of carbonyl (C=O) groups is 2. The number of carbonyl (C=O) groups excluding carboxylic acids is 2. The Morgan fingerprint density at radius 3 is 2.16 bits per heavy atom. The molecule has 1 saturated heterocycles. The molecule has 0 aromatic heterocycles. The summed E-state index contributed by atoms with van der Waals surface area (Å²) < 4.78 is 0. The molecule has 1 aliphatic heterocycles. The van der Waals surface area contributed by atoms with Crippen molar-refractivity contribution in [3.05, 3.63) is 35.4 Å². The summed E-state index contributed by atoms with van der Waals surface area (Å²) in [6, 6.07) is 7.93. The van der Waals surface area contributed by atoms with Gasteiger partial charge in [-0.05, 0) is 30.0 Å². The van der Waals surface area contributed by atoms with Gasteiger partial charge in [0.1, 0.15) is 0 Å². The molecule has 2 amide bonds. The third kappa shape index (κ3) is 3.41. The topological polar surface area (TPSA) is 63.4 Å². The molecule has 4 heteroatoms. The number of imide groups is 1. The van der Waals surface area contributed by atoms with Crippen LogP contribution in [-0.4, -0.2) is 23.3 Å². The van der Waals surface area contributed by atoms with Crippen LogP contribution in [0.4, 0.5) is 0 Å². The molecule has 0 unspecified atom stereocenters. The van der Waals surface area contributed by atoms with Crippen molar-refractivity contribution in [2.45, 2.75) is 32.7 Å². The van der Waals surface area contributed by atoms with Crippen LogP contribution in [0.25, 0.3) is 0 Å². The number of piperidine rings is 1. The molecule has 2 N–H and O–H groups in total. The molecule has 0 radical (unpaired) electrons. The summed E-state index contributed by atoms with van der Waals surface area (Å²) in [6.45, 7) is 2.95. The van der Waals surface area contributed by atoms with E-state index >= 15 is 0 Å². The van der Waals surface area contributed by atoms with Crippen LogP contribution in [0.2, 0.25) is 0 Å². The van der Waals surface area contributed by atoms with E-state index < -0.39 is 0 Å². The van der Waals surface area contributed by atoms with Gasteiger partial charge in [-0.1, -0.05) is 31.2 Å². The van der Waals surface area contributed by atoms with Gasteiger partial charge >= 0.3 is 0 Å². The maximum Gasteiger partial charge on any atom is 0.229 e. The van der Waals surface area contributed by atoms with Crippen LogP contribution in [0.1, 0.15) is 30.9 Å². The van der Waals surface area contributed by atoms with E-state index in [1.165, 1.54) is 10.5 Å². The zero-order chi connectivity index (χ0) is 13.8. The van der Waals surface area contributed by atoms with Gasteiger partial charge < -0.3 is 5.73 Å². The van der Waals surface area contributed by atoms with E-state index in [1.807, 2.05) is 31.2 Å². The zero-order valence-electron chi connectivity index (χ0n) is 11.3. The number of rotatable bonds is 4. The lowest BCUT2D eigenvalue weighted by molar-refractivity contribution is -0.150. The van der Waals surface area contributed by atoms with Crippen LogP contribution in [0.15, 0.2) is 24.3 Å². The molecule has 1 aromatic carbocycles. The minimum atomic E-state index is -0.0604. The Bertz CT molecular complexity index is 450. The molecular weight excluding hydrogens is 240 g/mol. The first kappa shape index (κ1) is 13.7. The van der Waals surface area contributed by atoms with Crippen LogP contribution in [0, 0.1) is 5.92 Å². The first-order chi connectivity index (χ1) is 9.10. The van der Waals surface area contributed by atoms with Gasteiger partial charge in [-0.25, -0.2) is 0 Å². The van der Waals surface area contributed by atoms with Gasteiger partial charge in [0.2, 0.25) is 11.8 Å². The van der Waals surface area contributed by atoms with Crippen molar-refractivity contribution in [3.63, 3.8) is 0 Å². The van der Waals surface area contributed by atoms with Crippen LogP contribution >= 0.6 is 0 Å². The fourth-order valence-electron chi connectivity index (χ4n) is 2.36. The Balaban J connectivity index is 2.03. The van der Waals surface area contributed by atoms with E-state index in [0.717, 1.165) is 12.0 Å². The van der Waals surface area contributed by atoms with Gasteiger partial charge in [0.05, 0.1) is 6.54 Å². The molecule has 0 saturated carbocycles. The standard InChI is InChI=1S/C15H20N2O2/c1-11-8-14(18)17(15(19)9-11)10-13-4-2-12(3-5-13)6-7-16/h2-5,11H,6-10,16H2,1H3. The summed E-state index contributed by atoms with van der Waals surface area (Å²) in [6.07, 6.45) is 1.79. The molecule has 0 aliphatic carbocycles. The van der Waals surface area contributed by atoms with Crippen LogP contribution < -0.4 is 5.73 Å². The zero-order valence-corrected chi connectivity index (χ0v) is 11.3. The van der Waals surface area contributed by atoms with Crippen molar-refractivity contribution in [2.75, 3.05) is 6.54 Å². The van der Waals surface area contributed by atoms with Gasteiger partial charge in [0.25, 0.3) is 0 Å². The third-order valence-corrected chi connectivity index (χ3v) is 3.44. The van der Waals surface area contributed by atoms with Crippen LogP contribution in [0.3, 0.4) is 0 Å². The SMILES string of the molecule is CC1CC(=O)N(Cc2ccc(CCN)cc2)C(=O)C1. The monoisotopic (exact) mass is 260 g/mol. The molecule has 1 aliphatic rings. The predicted octanol–water partition coefficient (Wildman–Crippen LogP) is 1.47. The summed E-state index contributed by atoms with van der Waals surface area (Å²) in [4.78, 5) is 25.1. The molecule has 1 heterocycles. The number of likely N-dealkylation sites (tertiary alicyclic amines) is 1. The van der Waals surface area contributed by atoms with Gasteiger partial charge in [0.15, 0.2) is 0 Å². The Hall–Kier alpha value is -1.68. The van der Waals surface area contributed by atoms with E-state index in [0.29, 0.717) is 25.9 Å². The van der Waals surface area contributed by atoms with E-state index in [1.54, 1.807) is 0 Å². The fraction of sp³-hybridized carbons (Fsp3) is 0.467. The van der Waals surface area contributed by atoms with Crippen molar-refractivity contribution in [3.8, 4) is 0 Å². The van der Waals surface area contributed by atoms with E-state index in [2.05, 4.69) is 0 Å². The van der Waals surface area contributed by atoms with E-state index in [-0.39, 0.29) is 17.7 Å². The summed E-state index contributed by atoms with van der Waals surface area (Å²) in [5.74, 6) is 0.0488. The van der Waals surface area contributed by atoms with Crippen molar-refractivity contribution in [2.24, 2.45) is 11.7 Å². The lowest BCUT2D eigenvalue weighted by Gasteiger charge is -2.28. The quantitative estimate of drug-likeness (QED) is 0.834. The molecule has 102 valence electrons. The summed E-state index contributed by atoms with van der Waals surface area (Å²) in [7, 11) is 0. The fourth-order valence-corrected chi connectivity index (χ4v) is 2.36. The number of hydrogen-bond donors (Lipinski definition) is 1. The summed E-state index contributed by atoms with van der Waals surface area (Å²) in [5.41, 5.74) is 7.66.